The fourth-order valence-corrected chi connectivity index (χ4v) is 5.32. The molecule has 8 heteroatoms. The number of esters is 1. The molecule has 0 amide bonds. The molecule has 204 valence electrons. The molecule has 41 heavy (non-hydrogen) atoms. The van der Waals surface area contributed by atoms with Crippen LogP contribution in [0.1, 0.15) is 39.5 Å². The van der Waals surface area contributed by atoms with Gasteiger partial charge in [-0.05, 0) is 91.4 Å². The number of thiocarbonyl (C=S) groups is 1. The van der Waals surface area contributed by atoms with Crippen molar-refractivity contribution in [3.63, 3.8) is 0 Å². The number of para-hydroxylation sites is 1. The van der Waals surface area contributed by atoms with Crippen LogP contribution in [-0.2, 0) is 4.74 Å². The molecule has 0 bridgehead atoms. The minimum absolute atomic E-state index is 0.257. The minimum atomic E-state index is -0.403. The van der Waals surface area contributed by atoms with Gasteiger partial charge in [-0.3, -0.25) is 4.98 Å². The highest BCUT2D eigenvalue weighted by molar-refractivity contribution is 7.80. The van der Waals surface area contributed by atoms with Gasteiger partial charge in [-0.2, -0.15) is 0 Å². The number of hydrogen-bond donors (Lipinski definition) is 1. The Balaban J connectivity index is 1.35. The number of furan rings is 1. The number of aryl methyl sites for hydroxylation is 1. The number of pyridine rings is 1. The zero-order chi connectivity index (χ0) is 28.3. The van der Waals surface area contributed by atoms with Crippen LogP contribution in [0.25, 0.3) is 11.3 Å². The van der Waals surface area contributed by atoms with E-state index in [-0.39, 0.29) is 12.1 Å². The van der Waals surface area contributed by atoms with Crippen molar-refractivity contribution in [1.29, 1.82) is 0 Å². The molecule has 1 saturated heterocycles. The number of anilines is 1. The molecule has 0 radical (unpaired) electrons. The maximum absolute atomic E-state index is 12.1. The van der Waals surface area contributed by atoms with Gasteiger partial charge in [0.1, 0.15) is 29.1 Å². The number of aromatic nitrogens is 1. The third-order valence-corrected chi connectivity index (χ3v) is 7.34. The average molecular weight is 562 g/mol. The van der Waals surface area contributed by atoms with Crippen molar-refractivity contribution < 1.29 is 18.7 Å². The summed E-state index contributed by atoms with van der Waals surface area (Å²) in [7, 11) is 1.36. The summed E-state index contributed by atoms with van der Waals surface area (Å²) in [6.45, 7) is 2.02. The Morgan fingerprint density at radius 1 is 0.951 bits per heavy atom. The normalized spacial score (nSPS) is 16.3. The lowest BCUT2D eigenvalue weighted by atomic mass is 10.0. The summed E-state index contributed by atoms with van der Waals surface area (Å²) in [5, 5.41) is 4.01. The van der Waals surface area contributed by atoms with Gasteiger partial charge in [0.25, 0.3) is 0 Å². The first-order valence-corrected chi connectivity index (χ1v) is 13.6. The van der Waals surface area contributed by atoms with Gasteiger partial charge in [0.05, 0.1) is 24.4 Å². The summed E-state index contributed by atoms with van der Waals surface area (Å²) in [6.07, 6.45) is 1.77. The number of methoxy groups -OCH3 is 1. The van der Waals surface area contributed by atoms with E-state index in [1.807, 2.05) is 96.8 Å². The van der Waals surface area contributed by atoms with E-state index in [2.05, 4.69) is 10.3 Å². The lowest BCUT2D eigenvalue weighted by Gasteiger charge is -2.26. The molecule has 2 aromatic heterocycles. The number of carbonyl (C=O) groups excluding carboxylic acids is 1. The molecule has 1 aliphatic heterocycles. The third kappa shape index (κ3) is 5.29. The van der Waals surface area contributed by atoms with E-state index in [1.165, 1.54) is 7.11 Å². The fourth-order valence-electron chi connectivity index (χ4n) is 4.98. The van der Waals surface area contributed by atoms with E-state index in [0.717, 1.165) is 34.0 Å². The summed E-state index contributed by atoms with van der Waals surface area (Å²) in [4.78, 5) is 18.7. The number of rotatable bonds is 7. The standard InChI is InChI=1S/C33H27N3O4S/c1-21-8-3-4-12-27(21)39-25-15-13-24(14-16-25)36-31(30(35-33(36)41)26-11-5-6-19-34-26)29-18-17-28(40-29)22-9-7-10-23(20-22)32(37)38-2/h3-20,30-31H,1-2H3,(H,35,41)/t30-,31-/m0/s1. The van der Waals surface area contributed by atoms with E-state index in [0.29, 0.717) is 22.2 Å². The molecule has 3 aromatic carbocycles. The molecule has 1 aliphatic rings. The van der Waals surface area contributed by atoms with E-state index >= 15 is 0 Å². The summed E-state index contributed by atoms with van der Waals surface area (Å²) in [5.74, 6) is 2.47. The fraction of sp³-hybridized carbons (Fsp3) is 0.121. The molecule has 7 nitrogen and oxygen atoms in total. The molecule has 0 spiro atoms. The largest absolute Gasteiger partial charge is 0.465 e. The van der Waals surface area contributed by atoms with Gasteiger partial charge in [0, 0.05) is 17.4 Å². The van der Waals surface area contributed by atoms with Gasteiger partial charge in [0.15, 0.2) is 5.11 Å². The Hall–Kier alpha value is -4.95. The van der Waals surface area contributed by atoms with Crippen LogP contribution >= 0.6 is 12.2 Å². The molecule has 6 rings (SSSR count). The molecule has 0 aliphatic carbocycles. The lowest BCUT2D eigenvalue weighted by Crippen LogP contribution is -2.29. The predicted molar refractivity (Wildman–Crippen MR) is 161 cm³/mol. The number of hydrogen-bond acceptors (Lipinski definition) is 6. The second-order valence-corrected chi connectivity index (χ2v) is 10.0. The van der Waals surface area contributed by atoms with Crippen LogP contribution in [0, 0.1) is 6.92 Å². The Morgan fingerprint density at radius 3 is 2.51 bits per heavy atom. The van der Waals surface area contributed by atoms with Crippen LogP contribution in [-0.4, -0.2) is 23.2 Å². The first-order valence-electron chi connectivity index (χ1n) is 13.1. The van der Waals surface area contributed by atoms with E-state index in [1.54, 1.807) is 24.4 Å². The second kappa shape index (κ2) is 11.3. The first kappa shape index (κ1) is 26.3. The van der Waals surface area contributed by atoms with Gasteiger partial charge in [-0.25, -0.2) is 4.79 Å². The van der Waals surface area contributed by atoms with Crippen molar-refractivity contribution in [2.45, 2.75) is 19.0 Å². The van der Waals surface area contributed by atoms with Crippen molar-refractivity contribution in [3.05, 3.63) is 132 Å². The molecular weight excluding hydrogens is 534 g/mol. The van der Waals surface area contributed by atoms with Crippen molar-refractivity contribution in [2.24, 2.45) is 0 Å². The van der Waals surface area contributed by atoms with Crippen molar-refractivity contribution >= 4 is 29.0 Å². The van der Waals surface area contributed by atoms with Crippen LogP contribution in [0.4, 0.5) is 5.69 Å². The number of carbonyl (C=O) groups is 1. The Bertz CT molecular complexity index is 1700. The van der Waals surface area contributed by atoms with Gasteiger partial charge < -0.3 is 24.1 Å². The number of ether oxygens (including phenoxy) is 2. The van der Waals surface area contributed by atoms with Gasteiger partial charge >= 0.3 is 5.97 Å². The number of benzene rings is 3. The van der Waals surface area contributed by atoms with Gasteiger partial charge in [-0.15, -0.1) is 0 Å². The van der Waals surface area contributed by atoms with Crippen molar-refractivity contribution in [2.75, 3.05) is 12.0 Å². The highest BCUT2D eigenvalue weighted by Crippen LogP contribution is 2.43. The Morgan fingerprint density at radius 2 is 1.76 bits per heavy atom. The zero-order valence-corrected chi connectivity index (χ0v) is 23.3. The Labute approximate surface area is 243 Å². The van der Waals surface area contributed by atoms with Crippen LogP contribution < -0.4 is 15.0 Å². The van der Waals surface area contributed by atoms with Crippen molar-refractivity contribution in [3.8, 4) is 22.8 Å². The van der Waals surface area contributed by atoms with E-state index in [4.69, 9.17) is 26.1 Å². The number of nitrogens with one attached hydrogen (secondary N) is 1. The zero-order valence-electron chi connectivity index (χ0n) is 22.5. The smallest absolute Gasteiger partial charge is 0.337 e. The molecule has 3 heterocycles. The second-order valence-electron chi connectivity index (χ2n) is 9.63. The quantitative estimate of drug-likeness (QED) is 0.163. The average Bonchev–Trinajstić information content (AvgIpc) is 3.63. The highest BCUT2D eigenvalue weighted by Gasteiger charge is 2.42. The van der Waals surface area contributed by atoms with Crippen LogP contribution in [0.3, 0.4) is 0 Å². The molecule has 1 N–H and O–H groups in total. The SMILES string of the molecule is COC(=O)c1cccc(-c2ccc([C@H]3[C@H](c4ccccn4)NC(=S)N3c3ccc(Oc4ccccc4C)cc3)o2)c1. The van der Waals surface area contributed by atoms with E-state index in [9.17, 15) is 4.79 Å². The molecular formula is C33H27N3O4S. The van der Waals surface area contributed by atoms with Crippen LogP contribution in [0.15, 0.2) is 114 Å². The highest BCUT2D eigenvalue weighted by atomic mass is 32.1. The summed E-state index contributed by atoms with van der Waals surface area (Å²) in [6, 6.07) is 32.0. The molecule has 0 unspecified atom stereocenters. The molecule has 0 saturated carbocycles. The monoisotopic (exact) mass is 561 g/mol. The van der Waals surface area contributed by atoms with Crippen molar-refractivity contribution in [1.82, 2.24) is 10.3 Å². The first-order chi connectivity index (χ1) is 20.0. The number of nitrogens with zero attached hydrogens (tertiary/aromatic N) is 2. The summed E-state index contributed by atoms with van der Waals surface area (Å²) in [5.41, 5.74) is 4.01. The van der Waals surface area contributed by atoms with Gasteiger partial charge in [0.2, 0.25) is 0 Å². The molecule has 1 fully saturated rings. The maximum Gasteiger partial charge on any atom is 0.337 e. The molecule has 5 aromatic rings. The summed E-state index contributed by atoms with van der Waals surface area (Å²) < 4.78 is 17.4. The molecule has 2 atom stereocenters. The van der Waals surface area contributed by atoms with Crippen LogP contribution in [0.2, 0.25) is 0 Å². The van der Waals surface area contributed by atoms with Crippen LogP contribution in [0.5, 0.6) is 11.5 Å². The summed E-state index contributed by atoms with van der Waals surface area (Å²) >= 11 is 5.85. The third-order valence-electron chi connectivity index (χ3n) is 7.02. The minimum Gasteiger partial charge on any atom is -0.465 e. The predicted octanol–water partition coefficient (Wildman–Crippen LogP) is 7.41. The Kier molecular flexibility index (Phi) is 7.22. The van der Waals surface area contributed by atoms with E-state index < -0.39 is 5.97 Å². The van der Waals surface area contributed by atoms with Gasteiger partial charge in [-0.1, -0.05) is 36.4 Å². The lowest BCUT2D eigenvalue weighted by molar-refractivity contribution is 0.0601. The topological polar surface area (TPSA) is 76.8 Å². The maximum atomic E-state index is 12.1.